The molecule has 0 aliphatic rings. The Hall–Kier alpha value is -4.16. The highest BCUT2D eigenvalue weighted by Gasteiger charge is 2.19. The van der Waals surface area contributed by atoms with E-state index < -0.39 is 11.7 Å². The Kier molecular flexibility index (Phi) is 12.0. The fraction of sp³-hybridized carbons (Fsp3) is 0.306. The van der Waals surface area contributed by atoms with E-state index in [1.807, 2.05) is 24.3 Å². The van der Waals surface area contributed by atoms with Crippen LogP contribution in [0.1, 0.15) is 54.4 Å². The molecule has 0 fully saturated rings. The number of benzene rings is 4. The summed E-state index contributed by atoms with van der Waals surface area (Å²) in [5.74, 6) is 0.286. The second kappa shape index (κ2) is 16.3. The van der Waals surface area contributed by atoms with Gasteiger partial charge in [-0.25, -0.2) is 4.39 Å². The molecule has 0 aromatic heterocycles. The molecular weight excluding hydrogens is 527 g/mol. The van der Waals surface area contributed by atoms with Gasteiger partial charge in [0, 0.05) is 25.6 Å². The van der Waals surface area contributed by atoms with Crippen molar-refractivity contribution in [3.63, 3.8) is 0 Å². The van der Waals surface area contributed by atoms with Gasteiger partial charge in [-0.2, -0.15) is 0 Å². The summed E-state index contributed by atoms with van der Waals surface area (Å²) in [7, 11) is 0. The summed E-state index contributed by atoms with van der Waals surface area (Å²) in [6, 6.07) is 34.1. The fourth-order valence-electron chi connectivity index (χ4n) is 4.99. The Morgan fingerprint density at radius 3 is 2.02 bits per heavy atom. The summed E-state index contributed by atoms with van der Waals surface area (Å²) in [4.78, 5) is 13.6. The molecule has 4 aromatic rings. The number of nitrogens with two attached hydrogens (primary N) is 1. The van der Waals surface area contributed by atoms with Crippen LogP contribution in [0, 0.1) is 5.82 Å². The zero-order valence-electron chi connectivity index (χ0n) is 24.4. The number of ether oxygens (including phenoxy) is 2. The Morgan fingerprint density at radius 1 is 0.810 bits per heavy atom. The van der Waals surface area contributed by atoms with E-state index in [0.29, 0.717) is 12.2 Å². The first kappa shape index (κ1) is 30.8. The molecule has 0 saturated heterocycles. The smallest absolute Gasteiger partial charge is 0.221 e. The van der Waals surface area contributed by atoms with E-state index >= 15 is 0 Å². The van der Waals surface area contributed by atoms with E-state index in [4.69, 9.17) is 15.2 Å². The van der Waals surface area contributed by atoms with Crippen molar-refractivity contribution >= 4 is 5.91 Å². The highest BCUT2D eigenvalue weighted by molar-refractivity contribution is 5.76. The molecule has 42 heavy (non-hydrogen) atoms. The van der Waals surface area contributed by atoms with Crippen LogP contribution in [0.15, 0.2) is 103 Å². The molecule has 4 rings (SSSR count). The molecule has 4 aromatic carbocycles. The molecule has 0 radical (unpaired) electrons. The van der Waals surface area contributed by atoms with Gasteiger partial charge in [0.15, 0.2) is 11.6 Å². The van der Waals surface area contributed by atoms with Gasteiger partial charge in [-0.1, -0.05) is 92.2 Å². The first-order valence-electron chi connectivity index (χ1n) is 14.8. The van der Waals surface area contributed by atoms with Crippen LogP contribution in [0.2, 0.25) is 0 Å². The Morgan fingerprint density at radius 2 is 1.43 bits per heavy atom. The number of nitrogens with zero attached hydrogens (tertiary/aromatic N) is 1. The van der Waals surface area contributed by atoms with E-state index in [1.54, 1.807) is 12.1 Å². The maximum absolute atomic E-state index is 14.6. The van der Waals surface area contributed by atoms with Crippen molar-refractivity contribution in [2.24, 2.45) is 5.73 Å². The van der Waals surface area contributed by atoms with Crippen LogP contribution >= 0.6 is 0 Å². The predicted octanol–water partition coefficient (Wildman–Crippen LogP) is 7.14. The van der Waals surface area contributed by atoms with Gasteiger partial charge in [0.1, 0.15) is 5.75 Å². The predicted molar refractivity (Wildman–Crippen MR) is 166 cm³/mol. The van der Waals surface area contributed by atoms with E-state index in [2.05, 4.69) is 72.5 Å². The molecule has 0 aliphatic heterocycles. The van der Waals surface area contributed by atoms with Gasteiger partial charge >= 0.3 is 0 Å². The number of halogens is 1. The molecule has 220 valence electrons. The molecule has 2 N–H and O–H groups in total. The molecule has 0 aliphatic carbocycles. The molecule has 5 nitrogen and oxygen atoms in total. The Labute approximate surface area is 249 Å². The van der Waals surface area contributed by atoms with E-state index in [1.165, 1.54) is 22.8 Å². The first-order chi connectivity index (χ1) is 20.5. The van der Waals surface area contributed by atoms with Gasteiger partial charge in [-0.05, 0) is 59.4 Å². The molecule has 0 saturated carbocycles. The lowest BCUT2D eigenvalue weighted by atomic mass is 9.90. The van der Waals surface area contributed by atoms with Gasteiger partial charge in [0.05, 0.1) is 19.6 Å². The molecule has 0 atom stereocenters. The van der Waals surface area contributed by atoms with Crippen LogP contribution in [0.25, 0.3) is 0 Å². The second-order valence-electron chi connectivity index (χ2n) is 10.6. The third-order valence-corrected chi connectivity index (χ3v) is 7.19. The van der Waals surface area contributed by atoms with Crippen LogP contribution in [0.4, 0.5) is 4.39 Å². The quantitative estimate of drug-likeness (QED) is 0.138. The van der Waals surface area contributed by atoms with Crippen molar-refractivity contribution in [3.05, 3.63) is 131 Å². The number of hydrogen-bond acceptors (Lipinski definition) is 4. The number of rotatable bonds is 17. The molecule has 0 bridgehead atoms. The molecule has 0 heterocycles. The third-order valence-electron chi connectivity index (χ3n) is 7.19. The average molecular weight is 569 g/mol. The normalized spacial score (nSPS) is 11.1. The largest absolute Gasteiger partial charge is 0.494 e. The highest BCUT2D eigenvalue weighted by Crippen LogP contribution is 2.27. The van der Waals surface area contributed by atoms with E-state index in [0.717, 1.165) is 51.3 Å². The average Bonchev–Trinajstić information content (AvgIpc) is 3.00. The van der Waals surface area contributed by atoms with Gasteiger partial charge in [-0.3, -0.25) is 9.69 Å². The van der Waals surface area contributed by atoms with Crippen LogP contribution in [0.3, 0.4) is 0 Å². The Bertz CT molecular complexity index is 1320. The summed E-state index contributed by atoms with van der Waals surface area (Å²) in [5, 5.41) is 0. The minimum Gasteiger partial charge on any atom is -0.494 e. The highest BCUT2D eigenvalue weighted by atomic mass is 19.1. The fourth-order valence-corrected chi connectivity index (χ4v) is 4.99. The van der Waals surface area contributed by atoms with Gasteiger partial charge in [-0.15, -0.1) is 0 Å². The topological polar surface area (TPSA) is 64.8 Å². The minimum absolute atomic E-state index is 0.00198. The monoisotopic (exact) mass is 568 g/mol. The van der Waals surface area contributed by atoms with Gasteiger partial charge < -0.3 is 15.2 Å². The number of carbonyl (C=O) groups excluding carboxylic acids is 1. The number of primary amides is 1. The maximum atomic E-state index is 14.6. The molecule has 0 unspecified atom stereocenters. The van der Waals surface area contributed by atoms with Crippen LogP contribution in [0.5, 0.6) is 11.5 Å². The summed E-state index contributed by atoms with van der Waals surface area (Å²) in [6.45, 7) is 5.61. The van der Waals surface area contributed by atoms with Gasteiger partial charge in [0.25, 0.3) is 0 Å². The lowest BCUT2D eigenvalue weighted by molar-refractivity contribution is -0.117. The van der Waals surface area contributed by atoms with E-state index in [9.17, 15) is 9.18 Å². The van der Waals surface area contributed by atoms with Crippen molar-refractivity contribution in [1.82, 2.24) is 4.90 Å². The lowest BCUT2D eigenvalue weighted by Crippen LogP contribution is -2.30. The molecule has 6 heteroatoms. The number of unbranched alkanes of at least 4 members (excludes halogenated alkanes) is 1. The maximum Gasteiger partial charge on any atom is 0.221 e. The van der Waals surface area contributed by atoms with Crippen molar-refractivity contribution in [3.8, 4) is 11.5 Å². The van der Waals surface area contributed by atoms with Crippen LogP contribution in [-0.2, 0) is 17.8 Å². The summed E-state index contributed by atoms with van der Waals surface area (Å²) in [5.41, 5.74) is 9.50. The third kappa shape index (κ3) is 9.74. The van der Waals surface area contributed by atoms with Crippen molar-refractivity contribution in [2.45, 2.75) is 45.1 Å². The van der Waals surface area contributed by atoms with E-state index in [-0.39, 0.29) is 18.1 Å². The zero-order valence-corrected chi connectivity index (χ0v) is 24.4. The van der Waals surface area contributed by atoms with Gasteiger partial charge in [0.2, 0.25) is 5.91 Å². The summed E-state index contributed by atoms with van der Waals surface area (Å²) >= 11 is 0. The minimum atomic E-state index is -0.494. The van der Waals surface area contributed by atoms with Crippen LogP contribution in [-0.4, -0.2) is 37.1 Å². The molecule has 0 spiro atoms. The SMILES string of the molecule is CCCCOc1ccc(CN(CCCOc2ccc(CC(N)=O)cc2F)CC(c2ccccc2)c2ccccc2)cc1. The number of amides is 1. The Balaban J connectivity index is 1.45. The summed E-state index contributed by atoms with van der Waals surface area (Å²) in [6.07, 6.45) is 2.87. The lowest BCUT2D eigenvalue weighted by Gasteiger charge is -2.28. The van der Waals surface area contributed by atoms with Crippen molar-refractivity contribution in [2.75, 3.05) is 26.3 Å². The standard InChI is InChI=1S/C36H41FN2O3/c1-2-3-22-41-32-18-15-28(16-19-32)26-39(21-10-23-42-35-20-17-29(24-34(35)37)25-36(38)40)27-33(30-11-6-4-7-12-30)31-13-8-5-9-14-31/h4-9,11-20,24,33H,2-3,10,21-23,25-27H2,1H3,(H2,38,40). The van der Waals surface area contributed by atoms with Crippen molar-refractivity contribution in [1.29, 1.82) is 0 Å². The zero-order chi connectivity index (χ0) is 29.6. The number of carbonyl (C=O) groups is 1. The summed E-state index contributed by atoms with van der Waals surface area (Å²) < 4.78 is 26.2. The molecular formula is C36H41FN2O3. The second-order valence-corrected chi connectivity index (χ2v) is 10.6. The molecule has 1 amide bonds. The number of hydrogen-bond donors (Lipinski definition) is 1. The van der Waals surface area contributed by atoms with Crippen molar-refractivity contribution < 1.29 is 18.7 Å². The first-order valence-corrected chi connectivity index (χ1v) is 14.8. The van der Waals surface area contributed by atoms with Crippen LogP contribution < -0.4 is 15.2 Å².